The molecule has 0 radical (unpaired) electrons. The maximum atomic E-state index is 12.7. The van der Waals surface area contributed by atoms with Gasteiger partial charge in [0.05, 0.1) is 39.1 Å². The Morgan fingerprint density at radius 1 is 0.512 bits per heavy atom. The van der Waals surface area contributed by atoms with Gasteiger partial charge in [-0.1, -0.05) is 128 Å². The van der Waals surface area contributed by atoms with Crippen LogP contribution in [-0.2, 0) is 9.59 Å². The standard InChI is InChI=1S/C38H72NO4/c1-5-7-9-23-29-35(40)31-25-19-15-11-13-17-21-27-33-37(42)39(3,4)38(43)34-28-22-18-14-12-16-20-26-32-36(41)30-24-10-8-6-2/h19-20,25-26,35-36,40-41H,5-18,21-24,27-34H2,1-4H3/q+1/b25-19-,26-20-/t35-,36-/m1/s1. The average Bonchev–Trinajstić information content (AvgIpc) is 2.99. The highest BCUT2D eigenvalue weighted by atomic mass is 16.3. The minimum Gasteiger partial charge on any atom is -0.393 e. The number of carbonyl (C=O) groups is 2. The second-order valence-electron chi connectivity index (χ2n) is 13.3. The van der Waals surface area contributed by atoms with Gasteiger partial charge in [0.2, 0.25) is 0 Å². The first-order valence-electron chi connectivity index (χ1n) is 18.3. The third-order valence-corrected chi connectivity index (χ3v) is 8.70. The van der Waals surface area contributed by atoms with Crippen LogP contribution in [0.2, 0.25) is 0 Å². The third kappa shape index (κ3) is 25.7. The lowest BCUT2D eigenvalue weighted by atomic mass is 10.1. The van der Waals surface area contributed by atoms with Crippen molar-refractivity contribution < 1.29 is 24.3 Å². The summed E-state index contributed by atoms with van der Waals surface area (Å²) in [5.74, 6) is 0.0816. The molecule has 0 aromatic rings. The summed E-state index contributed by atoms with van der Waals surface area (Å²) in [6.45, 7) is 4.41. The van der Waals surface area contributed by atoms with Crippen molar-refractivity contribution in [1.82, 2.24) is 0 Å². The molecular formula is C38H72NO4+. The fourth-order valence-electron chi connectivity index (χ4n) is 5.43. The number of amides is 2. The van der Waals surface area contributed by atoms with Crippen molar-refractivity contribution in [2.75, 3.05) is 14.1 Å². The van der Waals surface area contributed by atoms with E-state index in [1.54, 1.807) is 14.1 Å². The van der Waals surface area contributed by atoms with E-state index in [1.165, 1.54) is 38.5 Å². The van der Waals surface area contributed by atoms with E-state index in [2.05, 4.69) is 38.2 Å². The number of quaternary nitrogens is 1. The van der Waals surface area contributed by atoms with E-state index in [9.17, 15) is 19.8 Å². The summed E-state index contributed by atoms with van der Waals surface area (Å²) < 4.78 is -0.121. The first-order valence-corrected chi connectivity index (χ1v) is 18.3. The molecule has 0 aromatic heterocycles. The number of allylic oxidation sites excluding steroid dienone is 2. The van der Waals surface area contributed by atoms with Gasteiger partial charge in [-0.05, 0) is 64.2 Å². The van der Waals surface area contributed by atoms with Crippen LogP contribution in [0.15, 0.2) is 24.3 Å². The lowest BCUT2D eigenvalue weighted by Crippen LogP contribution is -2.50. The second-order valence-corrected chi connectivity index (χ2v) is 13.3. The van der Waals surface area contributed by atoms with E-state index < -0.39 is 0 Å². The Hall–Kier alpha value is -1.30. The molecule has 0 saturated carbocycles. The summed E-state index contributed by atoms with van der Waals surface area (Å²) >= 11 is 0. The van der Waals surface area contributed by atoms with Gasteiger partial charge in [-0.3, -0.25) is 0 Å². The van der Waals surface area contributed by atoms with Crippen LogP contribution in [0.1, 0.15) is 181 Å². The number of aliphatic hydroxyl groups is 2. The van der Waals surface area contributed by atoms with Crippen LogP contribution < -0.4 is 0 Å². The highest BCUT2D eigenvalue weighted by Crippen LogP contribution is 2.16. The predicted molar refractivity (Wildman–Crippen MR) is 184 cm³/mol. The molecule has 0 aliphatic rings. The summed E-state index contributed by atoms with van der Waals surface area (Å²) in [5, 5.41) is 20.0. The molecule has 5 heteroatoms. The second kappa shape index (κ2) is 29.4. The van der Waals surface area contributed by atoms with Gasteiger partial charge in [0.15, 0.2) is 0 Å². The van der Waals surface area contributed by atoms with Crippen molar-refractivity contribution in [3.63, 3.8) is 0 Å². The first-order chi connectivity index (χ1) is 20.8. The van der Waals surface area contributed by atoms with E-state index in [0.717, 1.165) is 116 Å². The summed E-state index contributed by atoms with van der Waals surface area (Å²) in [6.07, 6.45) is 35.1. The third-order valence-electron chi connectivity index (χ3n) is 8.70. The molecule has 0 aliphatic heterocycles. The molecule has 0 bridgehead atoms. The summed E-state index contributed by atoms with van der Waals surface area (Å²) in [5.41, 5.74) is 0. The Morgan fingerprint density at radius 3 is 1.26 bits per heavy atom. The zero-order chi connectivity index (χ0) is 32.0. The van der Waals surface area contributed by atoms with Gasteiger partial charge in [0.25, 0.3) is 0 Å². The molecule has 0 spiro atoms. The number of hydrogen-bond donors (Lipinski definition) is 2. The van der Waals surface area contributed by atoms with Gasteiger partial charge in [-0.25, -0.2) is 14.1 Å². The number of hydrogen-bond acceptors (Lipinski definition) is 4. The van der Waals surface area contributed by atoms with Crippen LogP contribution in [-0.4, -0.2) is 52.8 Å². The Morgan fingerprint density at radius 2 is 0.860 bits per heavy atom. The van der Waals surface area contributed by atoms with E-state index in [1.807, 2.05) is 0 Å². The van der Waals surface area contributed by atoms with Crippen molar-refractivity contribution >= 4 is 11.8 Å². The monoisotopic (exact) mass is 607 g/mol. The van der Waals surface area contributed by atoms with Crippen LogP contribution in [0.25, 0.3) is 0 Å². The normalized spacial score (nSPS) is 13.7. The minimum atomic E-state index is -0.195. The lowest BCUT2D eigenvalue weighted by Gasteiger charge is -2.24. The number of carbonyl (C=O) groups excluding carboxylic acids is 2. The van der Waals surface area contributed by atoms with Crippen molar-refractivity contribution in [3.8, 4) is 0 Å². The molecule has 43 heavy (non-hydrogen) atoms. The molecule has 252 valence electrons. The molecule has 0 heterocycles. The summed E-state index contributed by atoms with van der Waals surface area (Å²) in [4.78, 5) is 25.5. The molecular weight excluding hydrogens is 534 g/mol. The van der Waals surface area contributed by atoms with Crippen molar-refractivity contribution in [2.24, 2.45) is 0 Å². The molecule has 0 aromatic carbocycles. The predicted octanol–water partition coefficient (Wildman–Crippen LogP) is 10.1. The number of rotatable bonds is 30. The number of unbranched alkanes of at least 4 members (excludes halogenated alkanes) is 16. The fraction of sp³-hybridized carbons (Fsp3) is 0.842. The van der Waals surface area contributed by atoms with Crippen LogP contribution in [0.3, 0.4) is 0 Å². The molecule has 0 fully saturated rings. The average molecular weight is 607 g/mol. The van der Waals surface area contributed by atoms with Gasteiger partial charge in [0.1, 0.15) is 0 Å². The molecule has 2 atom stereocenters. The molecule has 5 nitrogen and oxygen atoms in total. The number of aliphatic hydroxyl groups excluding tert-OH is 2. The molecule has 0 rings (SSSR count). The fourth-order valence-corrected chi connectivity index (χ4v) is 5.43. The van der Waals surface area contributed by atoms with E-state index in [0.29, 0.717) is 12.8 Å². The van der Waals surface area contributed by atoms with Crippen LogP contribution in [0.5, 0.6) is 0 Å². The Labute approximate surface area is 267 Å². The SMILES string of the molecule is CCCCCC[C@@H](O)C/C=C\CCCCCCCC(=O)[N+](C)(C)C(=O)CCCCCCC/C=C\C[C@H](O)CCCCCC. The quantitative estimate of drug-likeness (QED) is 0.0485. The van der Waals surface area contributed by atoms with Crippen LogP contribution >= 0.6 is 0 Å². The highest BCUT2D eigenvalue weighted by Gasteiger charge is 2.33. The van der Waals surface area contributed by atoms with Gasteiger partial charge < -0.3 is 10.2 Å². The van der Waals surface area contributed by atoms with E-state index in [-0.39, 0.29) is 28.5 Å². The summed E-state index contributed by atoms with van der Waals surface area (Å²) in [6, 6.07) is 0. The topological polar surface area (TPSA) is 74.6 Å². The Bertz CT molecular complexity index is 657. The van der Waals surface area contributed by atoms with Gasteiger partial charge in [-0.2, -0.15) is 0 Å². The lowest BCUT2D eigenvalue weighted by molar-refractivity contribution is -0.736. The van der Waals surface area contributed by atoms with Crippen molar-refractivity contribution in [2.45, 2.75) is 193 Å². The maximum absolute atomic E-state index is 12.7. The van der Waals surface area contributed by atoms with Crippen molar-refractivity contribution in [1.29, 1.82) is 0 Å². The Kier molecular flexibility index (Phi) is 28.5. The summed E-state index contributed by atoms with van der Waals surface area (Å²) in [7, 11) is 3.52. The molecule has 0 aliphatic carbocycles. The molecule has 0 saturated heterocycles. The largest absolute Gasteiger partial charge is 0.393 e. The van der Waals surface area contributed by atoms with E-state index in [4.69, 9.17) is 0 Å². The molecule has 0 unspecified atom stereocenters. The highest BCUT2D eigenvalue weighted by molar-refractivity contribution is 5.84. The molecule has 2 amide bonds. The van der Waals surface area contributed by atoms with E-state index >= 15 is 0 Å². The zero-order valence-corrected chi connectivity index (χ0v) is 29.0. The van der Waals surface area contributed by atoms with Gasteiger partial charge in [-0.15, -0.1) is 0 Å². The van der Waals surface area contributed by atoms with Crippen LogP contribution in [0, 0.1) is 0 Å². The van der Waals surface area contributed by atoms with Crippen LogP contribution in [0.4, 0.5) is 0 Å². The Balaban J connectivity index is 3.76. The number of nitrogens with zero attached hydrogens (tertiary/aromatic N) is 1. The minimum absolute atomic E-state index is 0.0408. The van der Waals surface area contributed by atoms with Gasteiger partial charge in [0, 0.05) is 0 Å². The van der Waals surface area contributed by atoms with Gasteiger partial charge >= 0.3 is 11.8 Å². The van der Waals surface area contributed by atoms with Crippen molar-refractivity contribution in [3.05, 3.63) is 24.3 Å². The maximum Gasteiger partial charge on any atom is 0.320 e. The first kappa shape index (κ1) is 41.7. The number of imide groups is 1. The smallest absolute Gasteiger partial charge is 0.320 e. The molecule has 2 N–H and O–H groups in total. The zero-order valence-electron chi connectivity index (χ0n) is 29.0.